The van der Waals surface area contributed by atoms with E-state index in [2.05, 4.69) is 99.9 Å². The first kappa shape index (κ1) is 50.3. The van der Waals surface area contributed by atoms with Crippen LogP contribution in [-0.4, -0.2) is 16.1 Å². The maximum atomic E-state index is 17.2. The second-order valence-electron chi connectivity index (χ2n) is 22.2. The summed E-state index contributed by atoms with van der Waals surface area (Å²) in [7, 11) is -3.51. The Kier molecular flexibility index (Phi) is 12.7. The van der Waals surface area contributed by atoms with E-state index in [0.717, 1.165) is 66.7 Å². The van der Waals surface area contributed by atoms with Crippen molar-refractivity contribution in [3.05, 3.63) is 254 Å². The maximum Gasteiger partial charge on any atom is 0.150 e. The molecule has 8 heteroatoms. The first-order chi connectivity index (χ1) is 37.6. The van der Waals surface area contributed by atoms with Crippen molar-refractivity contribution >= 4 is 93.0 Å². The Morgan fingerprint density at radius 2 is 0.615 bits per heavy atom. The third-order valence-corrected chi connectivity index (χ3v) is 19.4. The summed E-state index contributed by atoms with van der Waals surface area (Å²) in [5, 5.41) is 7.93. The molecule has 0 amide bonds. The lowest BCUT2D eigenvalue weighted by molar-refractivity contribution is 0.586. The second kappa shape index (κ2) is 19.8. The van der Waals surface area contributed by atoms with Crippen LogP contribution in [0.5, 0.6) is 0 Å². The van der Waals surface area contributed by atoms with Gasteiger partial charge in [-0.2, -0.15) is 0 Å². The van der Waals surface area contributed by atoms with Crippen LogP contribution in [0.15, 0.2) is 231 Å². The van der Waals surface area contributed by atoms with E-state index in [1.165, 1.54) is 10.4 Å². The van der Waals surface area contributed by atoms with Gasteiger partial charge in [0.2, 0.25) is 0 Å². The van der Waals surface area contributed by atoms with Gasteiger partial charge in [0, 0.05) is 45.4 Å². The van der Waals surface area contributed by atoms with E-state index >= 15 is 17.6 Å². The van der Waals surface area contributed by atoms with Gasteiger partial charge in [-0.3, -0.25) is 0 Å². The molecule has 0 unspecified atom stereocenters. The Morgan fingerprint density at radius 1 is 0.282 bits per heavy atom. The molecule has 382 valence electrons. The largest absolute Gasteiger partial charge is 0.307 e. The van der Waals surface area contributed by atoms with Crippen molar-refractivity contribution in [2.24, 2.45) is 0 Å². The summed E-state index contributed by atoms with van der Waals surface area (Å²) in [4.78, 5) is 3.83. The molecule has 0 bridgehead atoms. The molecule has 0 N–H and O–H groups in total. The number of nitrogens with zero attached hydrogens (tertiary/aromatic N) is 2. The maximum absolute atomic E-state index is 17.2. The standard InChI is InChI=1S/C70H56F4N2Si2/c1-77(2,3)51-33-29-49(30-34-51)75(67-41-59(61(71)43-63(67)73)55-23-15-13-21-53(55)45-17-9-7-10-18-45)65-39-27-47-26-38-58-66(40-28-48-25-37-57(65)69(47)70(48)58)76(50-31-35-52(36-32-50)78(4,5)6)68-42-60(62(72)44-64(68)74)56-24-16-14-22-54(56)46-19-11-8-12-20-46/h7-44H,1-6H3. The Labute approximate surface area is 455 Å². The fourth-order valence-corrected chi connectivity index (χ4v) is 13.5. The van der Waals surface area contributed by atoms with Crippen molar-refractivity contribution in [1.82, 2.24) is 0 Å². The Balaban J connectivity index is 1.09. The molecule has 0 saturated carbocycles. The average Bonchev–Trinajstić information content (AvgIpc) is 3.64. The first-order valence-corrected chi connectivity index (χ1v) is 33.4. The molecule has 12 rings (SSSR count). The van der Waals surface area contributed by atoms with Crippen LogP contribution >= 0.6 is 0 Å². The molecule has 12 aromatic rings. The molecular weight excluding hydrogens is 1000 g/mol. The Bertz CT molecular complexity index is 3930. The van der Waals surface area contributed by atoms with Crippen molar-refractivity contribution in [3.63, 3.8) is 0 Å². The normalized spacial score (nSPS) is 12.0. The van der Waals surface area contributed by atoms with Crippen LogP contribution in [-0.2, 0) is 0 Å². The van der Waals surface area contributed by atoms with E-state index < -0.39 is 39.4 Å². The predicted molar refractivity (Wildman–Crippen MR) is 327 cm³/mol. The van der Waals surface area contributed by atoms with E-state index in [-0.39, 0.29) is 22.5 Å². The van der Waals surface area contributed by atoms with Crippen LogP contribution in [0.1, 0.15) is 0 Å². The monoisotopic (exact) mass is 1060 g/mol. The fourth-order valence-electron chi connectivity index (χ4n) is 11.2. The highest BCUT2D eigenvalue weighted by Gasteiger charge is 2.28. The van der Waals surface area contributed by atoms with E-state index in [4.69, 9.17) is 0 Å². The lowest BCUT2D eigenvalue weighted by atomic mass is 9.91. The van der Waals surface area contributed by atoms with Gasteiger partial charge in [-0.25, -0.2) is 17.6 Å². The van der Waals surface area contributed by atoms with E-state index in [0.29, 0.717) is 33.9 Å². The van der Waals surface area contributed by atoms with E-state index in [9.17, 15) is 0 Å². The van der Waals surface area contributed by atoms with Crippen LogP contribution in [0.3, 0.4) is 0 Å². The van der Waals surface area contributed by atoms with Crippen LogP contribution in [0.4, 0.5) is 51.7 Å². The molecule has 0 spiro atoms. The fraction of sp³-hybridized carbons (Fsp3) is 0.0857. The van der Waals surface area contributed by atoms with Gasteiger partial charge in [0.25, 0.3) is 0 Å². The van der Waals surface area contributed by atoms with Crippen molar-refractivity contribution < 1.29 is 17.6 Å². The molecule has 2 nitrogen and oxygen atoms in total. The van der Waals surface area contributed by atoms with Crippen LogP contribution in [0.25, 0.3) is 76.8 Å². The van der Waals surface area contributed by atoms with Gasteiger partial charge < -0.3 is 9.80 Å². The third kappa shape index (κ3) is 9.04. The van der Waals surface area contributed by atoms with E-state index in [1.807, 2.05) is 155 Å². The summed E-state index contributed by atoms with van der Waals surface area (Å²) in [6.45, 7) is 13.8. The summed E-state index contributed by atoms with van der Waals surface area (Å²) in [6, 6.07) is 73.5. The Morgan fingerprint density at radius 3 is 0.974 bits per heavy atom. The first-order valence-electron chi connectivity index (χ1n) is 26.4. The highest BCUT2D eigenvalue weighted by molar-refractivity contribution is 6.89. The minimum Gasteiger partial charge on any atom is -0.307 e. The lowest BCUT2D eigenvalue weighted by Gasteiger charge is -2.30. The molecule has 0 aromatic heterocycles. The average molecular weight is 1060 g/mol. The zero-order chi connectivity index (χ0) is 54.0. The second-order valence-corrected chi connectivity index (χ2v) is 32.4. The summed E-state index contributed by atoms with van der Waals surface area (Å²) in [6.07, 6.45) is 0. The smallest absolute Gasteiger partial charge is 0.150 e. The van der Waals surface area contributed by atoms with Crippen molar-refractivity contribution in [3.8, 4) is 44.5 Å². The predicted octanol–water partition coefficient (Wildman–Crippen LogP) is 19.8. The van der Waals surface area contributed by atoms with E-state index in [1.54, 1.807) is 12.1 Å². The molecule has 0 aliphatic heterocycles. The molecule has 0 atom stereocenters. The summed E-state index contributed by atoms with van der Waals surface area (Å²) in [5.74, 6) is -2.75. The molecule has 0 fully saturated rings. The number of halogens is 4. The molecule has 0 aliphatic carbocycles. The molecule has 0 saturated heterocycles. The molecular formula is C70H56F4N2Si2. The van der Waals surface area contributed by atoms with Crippen LogP contribution < -0.4 is 20.2 Å². The number of hydrogen-bond donors (Lipinski definition) is 0. The topological polar surface area (TPSA) is 6.48 Å². The summed E-state index contributed by atoms with van der Waals surface area (Å²) in [5.41, 5.74) is 8.52. The highest BCUT2D eigenvalue weighted by atomic mass is 28.3. The zero-order valence-corrected chi connectivity index (χ0v) is 46.3. The minimum absolute atomic E-state index is 0.190. The number of anilines is 6. The molecule has 0 heterocycles. The summed E-state index contributed by atoms with van der Waals surface area (Å²) < 4.78 is 67.5. The lowest BCUT2D eigenvalue weighted by Crippen LogP contribution is -2.37. The molecule has 0 aliphatic rings. The van der Waals surface area contributed by atoms with Gasteiger partial charge in [-0.05, 0) is 103 Å². The van der Waals surface area contributed by atoms with Crippen molar-refractivity contribution in [2.45, 2.75) is 39.3 Å². The van der Waals surface area contributed by atoms with Gasteiger partial charge in [0.05, 0.1) is 38.9 Å². The number of rotatable bonds is 12. The van der Waals surface area contributed by atoms with Crippen LogP contribution in [0, 0.1) is 23.3 Å². The van der Waals surface area contributed by atoms with Gasteiger partial charge >= 0.3 is 0 Å². The van der Waals surface area contributed by atoms with Gasteiger partial charge in [0.15, 0.2) is 0 Å². The van der Waals surface area contributed by atoms with Crippen molar-refractivity contribution in [2.75, 3.05) is 9.80 Å². The Hall–Kier alpha value is -8.57. The summed E-state index contributed by atoms with van der Waals surface area (Å²) >= 11 is 0. The molecule has 0 radical (unpaired) electrons. The number of hydrogen-bond acceptors (Lipinski definition) is 2. The van der Waals surface area contributed by atoms with Crippen LogP contribution in [0.2, 0.25) is 39.3 Å². The van der Waals surface area contributed by atoms with Gasteiger partial charge in [-0.15, -0.1) is 0 Å². The SMILES string of the molecule is C[Si](C)(C)c1ccc(N(c2cc(-c3ccccc3-c3ccccc3)c(F)cc2F)c2ccc3ccc4c(N(c5ccc([Si](C)(C)C)cc5)c5cc(-c6ccccc6-c6ccccc6)c(F)cc5F)ccc5ccc2c3c54)cc1. The van der Waals surface area contributed by atoms with Gasteiger partial charge in [-0.1, -0.05) is 220 Å². The zero-order valence-electron chi connectivity index (χ0n) is 44.3. The highest BCUT2D eigenvalue weighted by Crippen LogP contribution is 2.50. The number of benzene rings is 12. The quantitative estimate of drug-likeness (QED) is 0.0683. The molecule has 78 heavy (non-hydrogen) atoms. The third-order valence-electron chi connectivity index (χ3n) is 15.2. The van der Waals surface area contributed by atoms with Crippen molar-refractivity contribution in [1.29, 1.82) is 0 Å². The van der Waals surface area contributed by atoms with Gasteiger partial charge in [0.1, 0.15) is 23.3 Å². The minimum atomic E-state index is -1.75. The molecule has 12 aromatic carbocycles.